The van der Waals surface area contributed by atoms with Crippen LogP contribution in [0, 0.1) is 6.92 Å². The second-order valence-corrected chi connectivity index (χ2v) is 7.21. The number of nitrogens with one attached hydrogen (secondary N) is 1. The van der Waals surface area contributed by atoms with Crippen LogP contribution in [0.25, 0.3) is 5.65 Å². The Morgan fingerprint density at radius 2 is 1.84 bits per heavy atom. The number of hydrogen-bond acceptors (Lipinski definition) is 3. The maximum absolute atomic E-state index is 14.6. The monoisotopic (exact) mass is 432 g/mol. The fraction of sp³-hybridized carbons (Fsp3) is 0.269. The smallest absolute Gasteiger partial charge is 0.255 e. The molecule has 1 N–H and O–H groups in total. The number of rotatable bonds is 6. The quantitative estimate of drug-likeness (QED) is 0.399. The van der Waals surface area contributed by atoms with E-state index >= 15 is 0 Å². The lowest BCUT2D eigenvalue weighted by atomic mass is 10.0. The normalized spacial score (nSPS) is 11.5. The lowest BCUT2D eigenvalue weighted by Gasteiger charge is -2.10. The number of carbonyl (C=O) groups is 1. The Morgan fingerprint density at radius 1 is 1.09 bits per heavy atom. The summed E-state index contributed by atoms with van der Waals surface area (Å²) in [7, 11) is 0. The van der Waals surface area contributed by atoms with Crippen molar-refractivity contribution in [2.24, 2.45) is 0 Å². The maximum atomic E-state index is 14.6. The molecule has 1 atom stereocenters. The van der Waals surface area contributed by atoms with E-state index in [0.717, 1.165) is 23.5 Å². The van der Waals surface area contributed by atoms with Gasteiger partial charge in [0.25, 0.3) is 5.91 Å². The first kappa shape index (κ1) is 23.1. The molecule has 0 saturated carbocycles. The van der Waals surface area contributed by atoms with Crippen LogP contribution in [0.1, 0.15) is 59.9 Å². The summed E-state index contributed by atoms with van der Waals surface area (Å²) in [6, 6.07) is 15.8. The fourth-order valence-corrected chi connectivity index (χ4v) is 3.49. The molecule has 0 aliphatic carbocycles. The highest BCUT2D eigenvalue weighted by Gasteiger charge is 2.14. The molecule has 0 saturated heterocycles. The zero-order valence-electron chi connectivity index (χ0n) is 19.0. The van der Waals surface area contributed by atoms with Crippen molar-refractivity contribution < 1.29 is 9.18 Å². The predicted molar refractivity (Wildman–Crippen MR) is 127 cm³/mol. The predicted octanol–water partition coefficient (Wildman–Crippen LogP) is 6.13. The largest absolute Gasteiger partial charge is 0.321 e. The zero-order valence-corrected chi connectivity index (χ0v) is 19.0. The number of fused-ring (bicyclic) bond motifs is 1. The van der Waals surface area contributed by atoms with Gasteiger partial charge >= 0.3 is 0 Å². The molecule has 1 aromatic carbocycles. The number of alkyl halides is 1. The molecule has 4 aromatic rings. The van der Waals surface area contributed by atoms with E-state index in [4.69, 9.17) is 0 Å². The molecule has 1 unspecified atom stereocenters. The van der Waals surface area contributed by atoms with E-state index in [-0.39, 0.29) is 12.3 Å². The van der Waals surface area contributed by atoms with Gasteiger partial charge in [-0.15, -0.1) is 0 Å². The Morgan fingerprint density at radius 3 is 2.50 bits per heavy atom. The number of pyridine rings is 2. The van der Waals surface area contributed by atoms with Gasteiger partial charge < -0.3 is 9.72 Å². The highest BCUT2D eigenvalue weighted by atomic mass is 19.1. The van der Waals surface area contributed by atoms with Crippen LogP contribution >= 0.6 is 0 Å². The molecule has 0 aliphatic heterocycles. The van der Waals surface area contributed by atoms with Gasteiger partial charge in [0.1, 0.15) is 11.8 Å². The Kier molecular flexibility index (Phi) is 7.71. The van der Waals surface area contributed by atoms with E-state index in [9.17, 15) is 9.18 Å². The maximum Gasteiger partial charge on any atom is 0.255 e. The van der Waals surface area contributed by atoms with Crippen LogP contribution in [0.2, 0.25) is 0 Å². The molecule has 3 heterocycles. The molecule has 6 heteroatoms. The Bertz CT molecular complexity index is 1170. The Labute approximate surface area is 188 Å². The number of hydrogen-bond donors (Lipinski definition) is 1. The fourth-order valence-electron chi connectivity index (χ4n) is 3.49. The van der Waals surface area contributed by atoms with Crippen LogP contribution in [0.5, 0.6) is 0 Å². The number of carbonyl (C=O) groups excluding carboxylic acids is 1. The van der Waals surface area contributed by atoms with Crippen molar-refractivity contribution in [3.05, 3.63) is 95.2 Å². The molecule has 1 amide bonds. The Balaban J connectivity index is 0.00000141. The van der Waals surface area contributed by atoms with E-state index in [1.165, 1.54) is 0 Å². The molecule has 0 bridgehead atoms. The van der Waals surface area contributed by atoms with Gasteiger partial charge in [-0.3, -0.25) is 9.78 Å². The number of amides is 1. The minimum absolute atomic E-state index is 0.205. The molecule has 0 aliphatic rings. The van der Waals surface area contributed by atoms with Gasteiger partial charge in [0.2, 0.25) is 0 Å². The second kappa shape index (κ2) is 10.7. The van der Waals surface area contributed by atoms with Crippen LogP contribution in [-0.4, -0.2) is 20.3 Å². The number of aryl methyl sites for hydroxylation is 2. The van der Waals surface area contributed by atoms with Gasteiger partial charge in [0, 0.05) is 35.8 Å². The van der Waals surface area contributed by atoms with Crippen LogP contribution in [0.3, 0.4) is 0 Å². The number of imidazole rings is 1. The lowest BCUT2D eigenvalue weighted by molar-refractivity contribution is 0.102. The van der Waals surface area contributed by atoms with E-state index in [1.54, 1.807) is 42.6 Å². The third kappa shape index (κ3) is 5.19. The van der Waals surface area contributed by atoms with Crippen molar-refractivity contribution in [3.63, 3.8) is 0 Å². The molecule has 5 nitrogen and oxygen atoms in total. The molecular formula is C26H29FN4O. The highest BCUT2D eigenvalue weighted by molar-refractivity contribution is 6.04. The van der Waals surface area contributed by atoms with Crippen molar-refractivity contribution in [2.75, 3.05) is 5.32 Å². The van der Waals surface area contributed by atoms with Crippen molar-refractivity contribution in [1.29, 1.82) is 0 Å². The minimum Gasteiger partial charge on any atom is -0.321 e. The number of aromatic nitrogens is 3. The minimum atomic E-state index is -1.17. The van der Waals surface area contributed by atoms with Crippen LogP contribution in [0.4, 0.5) is 10.1 Å². The molecule has 0 fully saturated rings. The van der Waals surface area contributed by atoms with Gasteiger partial charge in [-0.1, -0.05) is 39.0 Å². The number of nitrogens with zero attached hydrogens (tertiary/aromatic N) is 3. The summed E-state index contributed by atoms with van der Waals surface area (Å²) >= 11 is 0. The van der Waals surface area contributed by atoms with Crippen LogP contribution < -0.4 is 5.32 Å². The first-order chi connectivity index (χ1) is 15.5. The molecule has 0 radical (unpaired) electrons. The lowest BCUT2D eigenvalue weighted by Crippen LogP contribution is -2.12. The van der Waals surface area contributed by atoms with E-state index < -0.39 is 6.17 Å². The van der Waals surface area contributed by atoms with Gasteiger partial charge in [-0.25, -0.2) is 9.37 Å². The standard InChI is InChI=1S/C24H23FN4O.C2H6/c1-3-22-16(2)29-15-20(11-12-23(29)28-22)27-24(30)18-9-7-17(8-10-18)21(25)14-19-6-4-5-13-26-19;1-2/h4-13,15,21H,3,14H2,1-2H3,(H,27,30);1-2H3. The molecule has 32 heavy (non-hydrogen) atoms. The summed E-state index contributed by atoms with van der Waals surface area (Å²) in [6.07, 6.45) is 3.42. The van der Waals surface area contributed by atoms with Crippen molar-refractivity contribution >= 4 is 17.2 Å². The summed E-state index contributed by atoms with van der Waals surface area (Å²) in [6.45, 7) is 8.08. The summed E-state index contributed by atoms with van der Waals surface area (Å²) in [5.41, 5.74) is 5.34. The van der Waals surface area contributed by atoms with Crippen LogP contribution in [-0.2, 0) is 12.8 Å². The highest BCUT2D eigenvalue weighted by Crippen LogP contribution is 2.22. The summed E-state index contributed by atoms with van der Waals surface area (Å²) in [5.74, 6) is -0.241. The third-order valence-corrected chi connectivity index (χ3v) is 5.20. The third-order valence-electron chi connectivity index (χ3n) is 5.20. The Hall–Kier alpha value is -3.54. The summed E-state index contributed by atoms with van der Waals surface area (Å²) < 4.78 is 16.5. The summed E-state index contributed by atoms with van der Waals surface area (Å²) in [4.78, 5) is 21.4. The van der Waals surface area contributed by atoms with E-state index in [1.807, 2.05) is 49.6 Å². The average molecular weight is 433 g/mol. The van der Waals surface area contributed by atoms with E-state index in [0.29, 0.717) is 22.5 Å². The second-order valence-electron chi connectivity index (χ2n) is 7.21. The van der Waals surface area contributed by atoms with Gasteiger partial charge in [0.05, 0.1) is 11.4 Å². The van der Waals surface area contributed by atoms with Crippen molar-refractivity contribution in [1.82, 2.24) is 14.4 Å². The topological polar surface area (TPSA) is 59.3 Å². The van der Waals surface area contributed by atoms with Gasteiger partial charge in [-0.05, 0) is 55.3 Å². The molecule has 3 aromatic heterocycles. The number of anilines is 1. The van der Waals surface area contributed by atoms with Gasteiger partial charge in [-0.2, -0.15) is 0 Å². The number of benzene rings is 1. The molecule has 166 valence electrons. The molecule has 0 spiro atoms. The first-order valence-corrected chi connectivity index (χ1v) is 11.0. The average Bonchev–Trinajstić information content (AvgIpc) is 3.16. The van der Waals surface area contributed by atoms with Gasteiger partial charge in [0.15, 0.2) is 0 Å². The van der Waals surface area contributed by atoms with Crippen molar-refractivity contribution in [3.8, 4) is 0 Å². The molecule has 4 rings (SSSR count). The SMILES string of the molecule is CC.CCc1nc2ccc(NC(=O)c3ccc(C(F)Cc4ccccn4)cc3)cn2c1C. The van der Waals surface area contributed by atoms with Crippen LogP contribution in [0.15, 0.2) is 67.0 Å². The number of halogens is 1. The van der Waals surface area contributed by atoms with E-state index in [2.05, 4.69) is 22.2 Å². The molecular weight excluding hydrogens is 403 g/mol. The first-order valence-electron chi connectivity index (χ1n) is 11.0. The summed E-state index contributed by atoms with van der Waals surface area (Å²) in [5, 5.41) is 2.90. The van der Waals surface area contributed by atoms with Crippen molar-refractivity contribution in [2.45, 2.75) is 46.7 Å². The zero-order chi connectivity index (χ0) is 23.1.